The van der Waals surface area contributed by atoms with Crippen molar-refractivity contribution >= 4 is 51.4 Å². The molecule has 2 amide bonds. The third-order valence-electron chi connectivity index (χ3n) is 5.42. The maximum atomic E-state index is 13.0. The number of hydrogen-bond acceptors (Lipinski definition) is 4. The van der Waals surface area contributed by atoms with Crippen molar-refractivity contribution in [2.75, 3.05) is 12.4 Å². The maximum absolute atomic E-state index is 13.0. The first-order valence-corrected chi connectivity index (χ1v) is 10.9. The van der Waals surface area contributed by atoms with E-state index in [4.69, 9.17) is 33.7 Å². The van der Waals surface area contributed by atoms with Crippen molar-refractivity contribution in [2.45, 2.75) is 40.0 Å². The van der Waals surface area contributed by atoms with E-state index in [9.17, 15) is 9.59 Å². The molecule has 1 aliphatic carbocycles. The molecule has 156 valence electrons. The van der Waals surface area contributed by atoms with Crippen LogP contribution in [0.3, 0.4) is 0 Å². The quantitative estimate of drug-likeness (QED) is 0.633. The number of fused-ring (bicyclic) bond motifs is 1. The largest absolute Gasteiger partial charge is 0.494 e. The van der Waals surface area contributed by atoms with Gasteiger partial charge in [0.2, 0.25) is 0 Å². The summed E-state index contributed by atoms with van der Waals surface area (Å²) in [4.78, 5) is 26.3. The standard InChI is InChI=1S/C21H24Cl2N2O3S/c1-21(2,3)10-5-6-12-15(7-10)29-20(16(12)18(24)26)25-19(27)13-8-11(22)9-14(23)17(13)28-4/h8-10H,5-7H2,1-4H3,(H2,24,26)(H,25,27)/t10-/m0/s1. The third kappa shape index (κ3) is 4.39. The average Bonchev–Trinajstić information content (AvgIpc) is 2.97. The highest BCUT2D eigenvalue weighted by atomic mass is 35.5. The van der Waals surface area contributed by atoms with Crippen molar-refractivity contribution in [2.24, 2.45) is 17.1 Å². The Balaban J connectivity index is 1.98. The highest BCUT2D eigenvalue weighted by Crippen LogP contribution is 2.44. The van der Waals surface area contributed by atoms with E-state index in [-0.39, 0.29) is 21.8 Å². The van der Waals surface area contributed by atoms with Crippen LogP contribution >= 0.6 is 34.5 Å². The molecule has 0 bridgehead atoms. The summed E-state index contributed by atoms with van der Waals surface area (Å²) >= 11 is 13.6. The molecule has 3 N–H and O–H groups in total. The Kier molecular flexibility index (Phi) is 6.18. The minimum atomic E-state index is -0.539. The van der Waals surface area contributed by atoms with E-state index < -0.39 is 11.8 Å². The molecule has 0 spiro atoms. The van der Waals surface area contributed by atoms with Gasteiger partial charge in [0, 0.05) is 9.90 Å². The molecular formula is C21H24Cl2N2O3S. The molecule has 0 saturated heterocycles. The van der Waals surface area contributed by atoms with Gasteiger partial charge in [0.25, 0.3) is 11.8 Å². The number of carbonyl (C=O) groups is 2. The molecule has 3 rings (SSSR count). The molecule has 0 fully saturated rings. The zero-order chi connectivity index (χ0) is 21.5. The Hall–Kier alpha value is -1.76. The van der Waals surface area contributed by atoms with Gasteiger partial charge < -0.3 is 15.8 Å². The first-order valence-electron chi connectivity index (χ1n) is 9.31. The zero-order valence-corrected chi connectivity index (χ0v) is 19.1. The van der Waals surface area contributed by atoms with Crippen molar-refractivity contribution < 1.29 is 14.3 Å². The molecule has 0 radical (unpaired) electrons. The van der Waals surface area contributed by atoms with Gasteiger partial charge in [-0.25, -0.2) is 0 Å². The van der Waals surface area contributed by atoms with Gasteiger partial charge in [0.15, 0.2) is 0 Å². The average molecular weight is 455 g/mol. The van der Waals surface area contributed by atoms with E-state index >= 15 is 0 Å². The highest BCUT2D eigenvalue weighted by Gasteiger charge is 2.33. The third-order valence-corrected chi connectivity index (χ3v) is 7.09. The van der Waals surface area contributed by atoms with Crippen molar-refractivity contribution in [1.82, 2.24) is 0 Å². The van der Waals surface area contributed by atoms with Crippen molar-refractivity contribution in [1.29, 1.82) is 0 Å². The second-order valence-electron chi connectivity index (χ2n) is 8.30. The van der Waals surface area contributed by atoms with Crippen molar-refractivity contribution in [3.05, 3.63) is 43.7 Å². The molecule has 0 aliphatic heterocycles. The number of halogens is 2. The lowest BCUT2D eigenvalue weighted by atomic mass is 9.72. The second-order valence-corrected chi connectivity index (χ2v) is 10.2. The van der Waals surface area contributed by atoms with Crippen LogP contribution < -0.4 is 15.8 Å². The summed E-state index contributed by atoms with van der Waals surface area (Å²) in [6.07, 6.45) is 2.62. The van der Waals surface area contributed by atoms with Gasteiger partial charge in [-0.2, -0.15) is 0 Å². The van der Waals surface area contributed by atoms with E-state index in [1.54, 1.807) is 0 Å². The fourth-order valence-corrected chi connectivity index (χ4v) is 5.68. The smallest absolute Gasteiger partial charge is 0.260 e. The van der Waals surface area contributed by atoms with Crippen LogP contribution in [-0.4, -0.2) is 18.9 Å². The molecule has 29 heavy (non-hydrogen) atoms. The van der Waals surface area contributed by atoms with Crippen molar-refractivity contribution in [3.8, 4) is 5.75 Å². The molecule has 0 saturated carbocycles. The number of hydrogen-bond donors (Lipinski definition) is 2. The fourth-order valence-electron chi connectivity index (χ4n) is 3.78. The van der Waals surface area contributed by atoms with Gasteiger partial charge in [0.05, 0.1) is 23.3 Å². The molecule has 2 aromatic rings. The molecular weight excluding hydrogens is 431 g/mol. The van der Waals surface area contributed by atoms with Crippen LogP contribution in [0.5, 0.6) is 5.75 Å². The number of nitrogens with two attached hydrogens (primary N) is 1. The van der Waals surface area contributed by atoms with Crippen molar-refractivity contribution in [3.63, 3.8) is 0 Å². The molecule has 0 unspecified atom stereocenters. The van der Waals surface area contributed by atoms with Crippen LogP contribution in [0.2, 0.25) is 10.0 Å². The Morgan fingerprint density at radius 3 is 2.55 bits per heavy atom. The Morgan fingerprint density at radius 2 is 1.97 bits per heavy atom. The van der Waals surface area contributed by atoms with Crippen LogP contribution in [0, 0.1) is 11.3 Å². The lowest BCUT2D eigenvalue weighted by Gasteiger charge is -2.33. The van der Waals surface area contributed by atoms with Gasteiger partial charge in [0.1, 0.15) is 10.8 Å². The predicted molar refractivity (Wildman–Crippen MR) is 119 cm³/mol. The molecule has 1 aromatic carbocycles. The number of ether oxygens (including phenoxy) is 1. The fraction of sp³-hybridized carbons (Fsp3) is 0.429. The van der Waals surface area contributed by atoms with Gasteiger partial charge in [-0.15, -0.1) is 11.3 Å². The molecule has 1 heterocycles. The summed E-state index contributed by atoms with van der Waals surface area (Å²) in [5.74, 6) is -0.268. The van der Waals surface area contributed by atoms with Gasteiger partial charge in [-0.05, 0) is 48.3 Å². The number of anilines is 1. The summed E-state index contributed by atoms with van der Waals surface area (Å²) in [6, 6.07) is 2.98. The van der Waals surface area contributed by atoms with Crippen LogP contribution in [0.25, 0.3) is 0 Å². The maximum Gasteiger partial charge on any atom is 0.260 e. The number of benzene rings is 1. The minimum Gasteiger partial charge on any atom is -0.494 e. The number of rotatable bonds is 4. The number of nitrogens with one attached hydrogen (secondary N) is 1. The number of carbonyl (C=O) groups excluding carboxylic acids is 2. The summed E-state index contributed by atoms with van der Waals surface area (Å²) in [5.41, 5.74) is 7.39. The molecule has 5 nitrogen and oxygen atoms in total. The van der Waals surface area contributed by atoms with E-state index in [1.165, 1.54) is 30.6 Å². The first-order chi connectivity index (χ1) is 13.5. The molecule has 1 aliphatic rings. The topological polar surface area (TPSA) is 81.4 Å². The number of primary amides is 1. The Morgan fingerprint density at radius 1 is 1.28 bits per heavy atom. The zero-order valence-electron chi connectivity index (χ0n) is 16.8. The molecule has 8 heteroatoms. The van der Waals surface area contributed by atoms with Gasteiger partial charge >= 0.3 is 0 Å². The van der Waals surface area contributed by atoms with E-state index in [0.29, 0.717) is 21.5 Å². The van der Waals surface area contributed by atoms with E-state index in [1.807, 2.05) is 0 Å². The van der Waals surface area contributed by atoms with E-state index in [0.717, 1.165) is 29.7 Å². The Bertz CT molecular complexity index is 979. The molecule has 1 atom stereocenters. The van der Waals surface area contributed by atoms with E-state index in [2.05, 4.69) is 26.1 Å². The SMILES string of the molecule is COc1c(Cl)cc(Cl)cc1C(=O)Nc1sc2c(c1C(N)=O)CC[C@H](C(C)(C)C)C2. The predicted octanol–water partition coefficient (Wildman–Crippen LogP) is 5.57. The normalized spacial score (nSPS) is 16.3. The van der Waals surface area contributed by atoms with Gasteiger partial charge in [-0.1, -0.05) is 44.0 Å². The summed E-state index contributed by atoms with van der Waals surface area (Å²) in [7, 11) is 1.43. The minimum absolute atomic E-state index is 0.170. The lowest BCUT2D eigenvalue weighted by molar-refractivity contribution is 0.1000. The Labute approximate surface area is 184 Å². The first kappa shape index (κ1) is 21.9. The lowest BCUT2D eigenvalue weighted by Crippen LogP contribution is -2.27. The van der Waals surface area contributed by atoms with Crippen LogP contribution in [-0.2, 0) is 12.8 Å². The van der Waals surface area contributed by atoms with Crippen LogP contribution in [0.4, 0.5) is 5.00 Å². The highest BCUT2D eigenvalue weighted by molar-refractivity contribution is 7.17. The van der Waals surface area contributed by atoms with Gasteiger partial charge in [-0.3, -0.25) is 9.59 Å². The summed E-state index contributed by atoms with van der Waals surface area (Å²) in [5, 5.41) is 3.84. The van der Waals surface area contributed by atoms with Crippen LogP contribution in [0.15, 0.2) is 12.1 Å². The van der Waals surface area contributed by atoms with Crippen LogP contribution in [0.1, 0.15) is 58.3 Å². The summed E-state index contributed by atoms with van der Waals surface area (Å²) < 4.78 is 5.26. The number of thiophene rings is 1. The summed E-state index contributed by atoms with van der Waals surface area (Å²) in [6.45, 7) is 6.68. The second kappa shape index (κ2) is 8.17. The number of methoxy groups -OCH3 is 1. The number of amides is 2. The monoisotopic (exact) mass is 454 g/mol. The molecule has 1 aromatic heterocycles.